The number of carbonyl (C=O) groups excluding carboxylic acids is 2. The van der Waals surface area contributed by atoms with Gasteiger partial charge in [-0.15, -0.1) is 0 Å². The molecule has 0 N–H and O–H groups in total. The average molecular weight is 388 g/mol. The van der Waals surface area contributed by atoms with E-state index in [1.54, 1.807) is 18.2 Å². The molecule has 2 aromatic rings. The number of aromatic nitrogens is 2. The highest BCUT2D eigenvalue weighted by atomic mass is 32.2. The van der Waals surface area contributed by atoms with Crippen molar-refractivity contribution in [3.05, 3.63) is 46.3 Å². The molecule has 0 saturated heterocycles. The molecule has 1 aromatic carbocycles. The summed E-state index contributed by atoms with van der Waals surface area (Å²) < 4.78 is 10.7. The average Bonchev–Trinajstić information content (AvgIpc) is 2.65. The highest BCUT2D eigenvalue weighted by molar-refractivity contribution is 7.98. The van der Waals surface area contributed by atoms with Crippen molar-refractivity contribution in [3.8, 4) is 5.75 Å². The van der Waals surface area contributed by atoms with Crippen molar-refractivity contribution in [1.29, 1.82) is 0 Å². The second kappa shape index (κ2) is 9.50. The number of hydrogen-bond donors (Lipinski definition) is 0. The first kappa shape index (κ1) is 20.9. The van der Waals surface area contributed by atoms with Crippen LogP contribution in [0.25, 0.3) is 0 Å². The number of methoxy groups -OCH3 is 1. The number of aryl methyl sites for hydroxylation is 2. The van der Waals surface area contributed by atoms with E-state index in [-0.39, 0.29) is 24.8 Å². The van der Waals surface area contributed by atoms with Crippen LogP contribution in [0.2, 0.25) is 0 Å². The SMILES string of the molecule is COc1ccc(C(C)=O)cc1COC(=O)CCc1c(C)nc(SC)nc1C. The third-order valence-corrected chi connectivity index (χ3v) is 4.79. The van der Waals surface area contributed by atoms with E-state index in [1.807, 2.05) is 20.1 Å². The van der Waals surface area contributed by atoms with Crippen molar-refractivity contribution >= 4 is 23.5 Å². The molecule has 2 rings (SSSR count). The van der Waals surface area contributed by atoms with Gasteiger partial charge in [0.15, 0.2) is 10.9 Å². The molecule has 0 aliphatic heterocycles. The van der Waals surface area contributed by atoms with E-state index in [2.05, 4.69) is 9.97 Å². The second-order valence-corrected chi connectivity index (χ2v) is 6.88. The standard InChI is InChI=1S/C20H24N2O4S/c1-12-17(13(2)22-20(21-12)27-5)7-9-19(24)26-11-16-10-15(14(3)23)6-8-18(16)25-4/h6,8,10H,7,9,11H2,1-5H3. The second-order valence-electron chi connectivity index (χ2n) is 6.10. The molecule has 0 amide bonds. The molecular formula is C20H24N2O4S. The van der Waals surface area contributed by atoms with Gasteiger partial charge >= 0.3 is 5.97 Å². The number of Topliss-reactive ketones (excluding diaryl/α,β-unsaturated/α-hetero) is 1. The maximum atomic E-state index is 12.2. The largest absolute Gasteiger partial charge is 0.496 e. The van der Waals surface area contributed by atoms with Crippen LogP contribution in [0, 0.1) is 13.8 Å². The van der Waals surface area contributed by atoms with Crippen LogP contribution in [-0.2, 0) is 22.6 Å². The van der Waals surface area contributed by atoms with Gasteiger partial charge in [-0.05, 0) is 57.2 Å². The van der Waals surface area contributed by atoms with Gasteiger partial charge in [0.05, 0.1) is 7.11 Å². The Bertz CT molecular complexity index is 829. The number of esters is 1. The molecule has 1 aromatic heterocycles. The van der Waals surface area contributed by atoms with Crippen LogP contribution in [-0.4, -0.2) is 35.1 Å². The van der Waals surface area contributed by atoms with Crippen molar-refractivity contribution < 1.29 is 19.1 Å². The third-order valence-electron chi connectivity index (χ3n) is 4.24. The topological polar surface area (TPSA) is 78.4 Å². The number of rotatable bonds is 8. The van der Waals surface area contributed by atoms with Gasteiger partial charge in [0.25, 0.3) is 0 Å². The summed E-state index contributed by atoms with van der Waals surface area (Å²) in [5.41, 5.74) is 3.96. The van der Waals surface area contributed by atoms with Gasteiger partial charge in [-0.3, -0.25) is 9.59 Å². The monoisotopic (exact) mass is 388 g/mol. The zero-order chi connectivity index (χ0) is 20.0. The Morgan fingerprint density at radius 1 is 1.15 bits per heavy atom. The fourth-order valence-corrected chi connectivity index (χ4v) is 3.19. The summed E-state index contributed by atoms with van der Waals surface area (Å²) in [6.07, 6.45) is 2.69. The smallest absolute Gasteiger partial charge is 0.306 e. The van der Waals surface area contributed by atoms with Crippen molar-refractivity contribution in [2.45, 2.75) is 45.4 Å². The number of nitrogens with zero attached hydrogens (tertiary/aromatic N) is 2. The minimum atomic E-state index is -0.321. The lowest BCUT2D eigenvalue weighted by molar-refractivity contribution is -0.144. The van der Waals surface area contributed by atoms with Crippen LogP contribution >= 0.6 is 11.8 Å². The summed E-state index contributed by atoms with van der Waals surface area (Å²) in [5, 5.41) is 0.730. The number of hydrogen-bond acceptors (Lipinski definition) is 7. The highest BCUT2D eigenvalue weighted by Crippen LogP contribution is 2.22. The Labute approximate surface area is 163 Å². The van der Waals surface area contributed by atoms with Gasteiger partial charge in [0, 0.05) is 28.9 Å². The van der Waals surface area contributed by atoms with Gasteiger partial charge in [-0.25, -0.2) is 9.97 Å². The first-order chi connectivity index (χ1) is 12.8. The first-order valence-electron chi connectivity index (χ1n) is 8.57. The Hall–Kier alpha value is -2.41. The Morgan fingerprint density at radius 3 is 2.37 bits per heavy atom. The fourth-order valence-electron chi connectivity index (χ4n) is 2.73. The van der Waals surface area contributed by atoms with Crippen LogP contribution < -0.4 is 4.74 Å². The molecule has 7 heteroatoms. The molecule has 0 aliphatic rings. The van der Waals surface area contributed by atoms with Crippen LogP contribution in [0.5, 0.6) is 5.75 Å². The summed E-state index contributed by atoms with van der Waals surface area (Å²) in [6.45, 7) is 5.40. The van der Waals surface area contributed by atoms with E-state index in [1.165, 1.54) is 25.8 Å². The lowest BCUT2D eigenvalue weighted by Gasteiger charge is -2.12. The number of ether oxygens (including phenoxy) is 2. The van der Waals surface area contributed by atoms with E-state index >= 15 is 0 Å². The maximum Gasteiger partial charge on any atom is 0.306 e. The van der Waals surface area contributed by atoms with Crippen molar-refractivity contribution in [3.63, 3.8) is 0 Å². The zero-order valence-corrected chi connectivity index (χ0v) is 17.1. The molecule has 144 valence electrons. The number of carbonyl (C=O) groups is 2. The molecule has 0 aliphatic carbocycles. The highest BCUT2D eigenvalue weighted by Gasteiger charge is 2.13. The molecule has 6 nitrogen and oxygen atoms in total. The van der Waals surface area contributed by atoms with Crippen LogP contribution in [0.3, 0.4) is 0 Å². The molecule has 0 atom stereocenters. The van der Waals surface area contributed by atoms with Gasteiger partial charge in [-0.1, -0.05) is 11.8 Å². The summed E-state index contributed by atoms with van der Waals surface area (Å²) in [6, 6.07) is 5.09. The normalized spacial score (nSPS) is 10.6. The van der Waals surface area contributed by atoms with Crippen molar-refractivity contribution in [2.24, 2.45) is 0 Å². The molecule has 1 heterocycles. The van der Waals surface area contributed by atoms with E-state index in [4.69, 9.17) is 9.47 Å². The van der Waals surface area contributed by atoms with Gasteiger partial charge in [-0.2, -0.15) is 0 Å². The van der Waals surface area contributed by atoms with E-state index in [9.17, 15) is 9.59 Å². The van der Waals surface area contributed by atoms with E-state index in [0.29, 0.717) is 23.3 Å². The third kappa shape index (κ3) is 5.53. The molecule has 0 bridgehead atoms. The lowest BCUT2D eigenvalue weighted by atomic mass is 10.1. The van der Waals surface area contributed by atoms with Crippen LogP contribution in [0.4, 0.5) is 0 Å². The quantitative estimate of drug-likeness (QED) is 0.295. The number of benzene rings is 1. The van der Waals surface area contributed by atoms with Gasteiger partial charge in [0.2, 0.25) is 0 Å². The Balaban J connectivity index is 1.99. The lowest BCUT2D eigenvalue weighted by Crippen LogP contribution is -2.09. The van der Waals surface area contributed by atoms with Crippen LogP contribution in [0.15, 0.2) is 23.4 Å². The number of thioether (sulfide) groups is 1. The summed E-state index contributed by atoms with van der Waals surface area (Å²) in [7, 11) is 1.54. The van der Waals surface area contributed by atoms with Gasteiger partial charge < -0.3 is 9.47 Å². The minimum Gasteiger partial charge on any atom is -0.496 e. The first-order valence-corrected chi connectivity index (χ1v) is 9.79. The molecule has 0 radical (unpaired) electrons. The van der Waals surface area contributed by atoms with Crippen LogP contribution in [0.1, 0.15) is 46.2 Å². The molecule has 0 spiro atoms. The summed E-state index contributed by atoms with van der Waals surface area (Å²) in [4.78, 5) is 32.6. The van der Waals surface area contributed by atoms with Gasteiger partial charge in [0.1, 0.15) is 12.4 Å². The molecule has 27 heavy (non-hydrogen) atoms. The predicted molar refractivity (Wildman–Crippen MR) is 104 cm³/mol. The maximum absolute atomic E-state index is 12.2. The summed E-state index contributed by atoms with van der Waals surface area (Å²) >= 11 is 1.49. The summed E-state index contributed by atoms with van der Waals surface area (Å²) in [5.74, 6) is 0.212. The van der Waals surface area contributed by atoms with Crippen molar-refractivity contribution in [2.75, 3.05) is 13.4 Å². The zero-order valence-electron chi connectivity index (χ0n) is 16.3. The molecular weight excluding hydrogens is 364 g/mol. The van der Waals surface area contributed by atoms with E-state index in [0.717, 1.165) is 22.1 Å². The Kier molecular flexibility index (Phi) is 7.36. The molecule has 0 unspecified atom stereocenters. The molecule has 0 fully saturated rings. The molecule has 0 saturated carbocycles. The minimum absolute atomic E-state index is 0.0510. The Morgan fingerprint density at radius 2 is 1.81 bits per heavy atom. The van der Waals surface area contributed by atoms with Crippen molar-refractivity contribution in [1.82, 2.24) is 9.97 Å². The fraction of sp³-hybridized carbons (Fsp3) is 0.400. The van der Waals surface area contributed by atoms with E-state index < -0.39 is 0 Å². The predicted octanol–water partition coefficient (Wildman–Crippen LogP) is 3.70. The number of ketones is 1.